The molecule has 2 N–H and O–H groups in total. The van der Waals surface area contributed by atoms with Crippen molar-refractivity contribution in [1.29, 1.82) is 0 Å². The molecular weight excluding hydrogens is 274 g/mol. The van der Waals surface area contributed by atoms with Gasteiger partial charge in [0.25, 0.3) is 0 Å². The van der Waals surface area contributed by atoms with Crippen molar-refractivity contribution < 1.29 is 4.79 Å². The number of carbonyl (C=O) groups excluding carboxylic acids is 1. The number of nitrogens with zero attached hydrogens (tertiary/aromatic N) is 1. The van der Waals surface area contributed by atoms with Crippen molar-refractivity contribution in [3.8, 4) is 0 Å². The molecule has 0 aliphatic carbocycles. The second kappa shape index (κ2) is 7.07. The molecule has 4 nitrogen and oxygen atoms in total. The van der Waals surface area contributed by atoms with E-state index in [1.165, 1.54) is 11.1 Å². The van der Waals surface area contributed by atoms with Crippen LogP contribution in [0.4, 0.5) is 4.79 Å². The molecule has 2 amide bonds. The lowest BCUT2D eigenvalue weighted by molar-refractivity contribution is 0.238. The van der Waals surface area contributed by atoms with Crippen molar-refractivity contribution in [3.05, 3.63) is 65.5 Å². The van der Waals surface area contributed by atoms with Crippen molar-refractivity contribution in [2.45, 2.75) is 32.7 Å². The van der Waals surface area contributed by atoms with Crippen LogP contribution in [0, 0.1) is 6.92 Å². The fourth-order valence-corrected chi connectivity index (χ4v) is 2.47. The maximum Gasteiger partial charge on any atom is 0.315 e. The molecule has 2 aromatic rings. The third-order valence-electron chi connectivity index (χ3n) is 3.77. The van der Waals surface area contributed by atoms with Crippen molar-refractivity contribution in [2.75, 3.05) is 6.54 Å². The quantitative estimate of drug-likeness (QED) is 0.890. The van der Waals surface area contributed by atoms with Gasteiger partial charge in [0.2, 0.25) is 0 Å². The Kier molecular flexibility index (Phi) is 5.15. The Hall–Kier alpha value is -2.36. The Morgan fingerprint density at radius 1 is 1.09 bits per heavy atom. The Bertz CT molecular complexity index is 623. The van der Waals surface area contributed by atoms with E-state index in [1.807, 2.05) is 24.3 Å². The first-order valence-corrected chi connectivity index (χ1v) is 7.46. The van der Waals surface area contributed by atoms with E-state index in [2.05, 4.69) is 48.5 Å². The molecule has 0 radical (unpaired) electrons. The fourth-order valence-electron chi connectivity index (χ4n) is 2.47. The van der Waals surface area contributed by atoms with E-state index < -0.39 is 0 Å². The van der Waals surface area contributed by atoms with Crippen molar-refractivity contribution >= 4 is 6.03 Å². The molecule has 2 rings (SSSR count). The molecule has 1 heterocycles. The molecule has 0 bridgehead atoms. The highest BCUT2D eigenvalue weighted by Gasteiger charge is 2.22. The maximum atomic E-state index is 11.9. The number of carbonyl (C=O) groups is 1. The minimum absolute atomic E-state index is 0.112. The summed E-state index contributed by atoms with van der Waals surface area (Å²) in [6.07, 6.45) is 3.44. The van der Waals surface area contributed by atoms with E-state index in [1.54, 1.807) is 12.4 Å². The SMILES string of the molecule is Cc1ccccc1C(C)(C)CNC(=O)NCc1ccncc1. The lowest BCUT2D eigenvalue weighted by Crippen LogP contribution is -2.42. The van der Waals surface area contributed by atoms with E-state index in [4.69, 9.17) is 0 Å². The summed E-state index contributed by atoms with van der Waals surface area (Å²) in [4.78, 5) is 15.9. The molecule has 0 aliphatic heterocycles. The molecule has 0 saturated heterocycles. The second-order valence-corrected chi connectivity index (χ2v) is 6.09. The van der Waals surface area contributed by atoms with Crippen LogP contribution in [0.1, 0.15) is 30.5 Å². The molecule has 0 fully saturated rings. The molecule has 0 saturated carbocycles. The minimum Gasteiger partial charge on any atom is -0.337 e. The monoisotopic (exact) mass is 297 g/mol. The van der Waals surface area contributed by atoms with Gasteiger partial charge in [0, 0.05) is 30.9 Å². The number of amides is 2. The predicted octanol–water partition coefficient (Wildman–Crippen LogP) is 3.17. The summed E-state index contributed by atoms with van der Waals surface area (Å²) in [5, 5.41) is 5.81. The number of benzene rings is 1. The molecule has 0 unspecified atom stereocenters. The summed E-state index contributed by atoms with van der Waals surface area (Å²) in [5.74, 6) is 0. The molecular formula is C18H23N3O. The van der Waals surface area contributed by atoms with Gasteiger partial charge in [-0.25, -0.2) is 4.79 Å². The van der Waals surface area contributed by atoms with Crippen molar-refractivity contribution in [3.63, 3.8) is 0 Å². The fraction of sp³-hybridized carbons (Fsp3) is 0.333. The number of pyridine rings is 1. The number of hydrogen-bond acceptors (Lipinski definition) is 2. The zero-order valence-electron chi connectivity index (χ0n) is 13.4. The van der Waals surface area contributed by atoms with Crippen LogP contribution in [0.3, 0.4) is 0 Å². The number of nitrogens with one attached hydrogen (secondary N) is 2. The average Bonchev–Trinajstić information content (AvgIpc) is 2.52. The lowest BCUT2D eigenvalue weighted by atomic mass is 9.82. The number of urea groups is 1. The highest BCUT2D eigenvalue weighted by molar-refractivity contribution is 5.74. The topological polar surface area (TPSA) is 54.0 Å². The first-order valence-electron chi connectivity index (χ1n) is 7.46. The smallest absolute Gasteiger partial charge is 0.315 e. The summed E-state index contributed by atoms with van der Waals surface area (Å²) in [6.45, 7) is 7.46. The zero-order valence-corrected chi connectivity index (χ0v) is 13.4. The normalized spacial score (nSPS) is 11.0. The molecule has 22 heavy (non-hydrogen) atoms. The van der Waals surface area contributed by atoms with Gasteiger partial charge in [0.05, 0.1) is 0 Å². The third kappa shape index (κ3) is 4.32. The molecule has 1 aromatic carbocycles. The van der Waals surface area contributed by atoms with Gasteiger partial charge in [-0.15, -0.1) is 0 Å². The van der Waals surface area contributed by atoms with E-state index in [0.29, 0.717) is 13.1 Å². The standard InChI is InChI=1S/C18H23N3O/c1-14-6-4-5-7-16(14)18(2,3)13-21-17(22)20-12-15-8-10-19-11-9-15/h4-11H,12-13H2,1-3H3,(H2,20,21,22). The predicted molar refractivity (Wildman–Crippen MR) is 88.7 cm³/mol. The van der Waals surface area contributed by atoms with E-state index in [9.17, 15) is 4.79 Å². The number of aromatic nitrogens is 1. The van der Waals surface area contributed by atoms with Gasteiger partial charge in [-0.3, -0.25) is 4.98 Å². The van der Waals surface area contributed by atoms with E-state index in [0.717, 1.165) is 5.56 Å². The summed E-state index contributed by atoms with van der Waals surface area (Å²) < 4.78 is 0. The first-order chi connectivity index (χ1) is 10.5. The van der Waals surface area contributed by atoms with Gasteiger partial charge in [-0.2, -0.15) is 0 Å². The van der Waals surface area contributed by atoms with Crippen LogP contribution >= 0.6 is 0 Å². The second-order valence-electron chi connectivity index (χ2n) is 6.09. The highest BCUT2D eigenvalue weighted by atomic mass is 16.2. The average molecular weight is 297 g/mol. The maximum absolute atomic E-state index is 11.9. The van der Waals surface area contributed by atoms with Gasteiger partial charge in [-0.05, 0) is 35.7 Å². The van der Waals surface area contributed by atoms with Gasteiger partial charge in [0.1, 0.15) is 0 Å². The molecule has 0 atom stereocenters. The third-order valence-corrected chi connectivity index (χ3v) is 3.77. The van der Waals surface area contributed by atoms with Crippen LogP contribution < -0.4 is 10.6 Å². The molecule has 116 valence electrons. The summed E-state index contributed by atoms with van der Waals surface area (Å²) in [6, 6.07) is 11.9. The summed E-state index contributed by atoms with van der Waals surface area (Å²) in [7, 11) is 0. The lowest BCUT2D eigenvalue weighted by Gasteiger charge is -2.27. The van der Waals surface area contributed by atoms with Crippen molar-refractivity contribution in [2.24, 2.45) is 0 Å². The first kappa shape index (κ1) is 16.0. The van der Waals surface area contributed by atoms with Gasteiger partial charge in [-0.1, -0.05) is 38.1 Å². The van der Waals surface area contributed by atoms with Crippen LogP contribution in [0.15, 0.2) is 48.8 Å². The Morgan fingerprint density at radius 3 is 2.45 bits per heavy atom. The van der Waals surface area contributed by atoms with Gasteiger partial charge < -0.3 is 10.6 Å². The zero-order chi connectivity index (χ0) is 16.0. The van der Waals surface area contributed by atoms with Crippen LogP contribution in [-0.2, 0) is 12.0 Å². The van der Waals surface area contributed by atoms with Crippen LogP contribution in [0.5, 0.6) is 0 Å². The Morgan fingerprint density at radius 2 is 1.77 bits per heavy atom. The number of aryl methyl sites for hydroxylation is 1. The van der Waals surface area contributed by atoms with Crippen molar-refractivity contribution in [1.82, 2.24) is 15.6 Å². The number of rotatable bonds is 5. The van der Waals surface area contributed by atoms with Gasteiger partial charge in [0.15, 0.2) is 0 Å². The number of hydrogen-bond donors (Lipinski definition) is 2. The highest BCUT2D eigenvalue weighted by Crippen LogP contribution is 2.25. The molecule has 1 aromatic heterocycles. The van der Waals surface area contributed by atoms with Crippen LogP contribution in [-0.4, -0.2) is 17.6 Å². The molecule has 0 spiro atoms. The minimum atomic E-state index is -0.154. The van der Waals surface area contributed by atoms with Crippen LogP contribution in [0.2, 0.25) is 0 Å². The van der Waals surface area contributed by atoms with Gasteiger partial charge >= 0.3 is 6.03 Å². The molecule has 0 aliphatic rings. The summed E-state index contributed by atoms with van der Waals surface area (Å²) >= 11 is 0. The Balaban J connectivity index is 1.86. The van der Waals surface area contributed by atoms with Crippen LogP contribution in [0.25, 0.3) is 0 Å². The summed E-state index contributed by atoms with van der Waals surface area (Å²) in [5.41, 5.74) is 3.42. The van der Waals surface area contributed by atoms with E-state index in [-0.39, 0.29) is 11.4 Å². The Labute approximate surface area is 132 Å². The molecule has 4 heteroatoms. The van der Waals surface area contributed by atoms with E-state index >= 15 is 0 Å². The largest absolute Gasteiger partial charge is 0.337 e.